The molecule has 0 atom stereocenters. The van der Waals surface area contributed by atoms with Crippen LogP contribution in [0, 0.1) is 0 Å². The lowest BCUT2D eigenvalue weighted by atomic mass is 10.1. The molecule has 138 valence electrons. The van der Waals surface area contributed by atoms with Crippen LogP contribution in [-0.2, 0) is 13.0 Å². The maximum atomic E-state index is 12.3. The second-order valence-electron chi connectivity index (χ2n) is 5.86. The van der Waals surface area contributed by atoms with Crippen molar-refractivity contribution >= 4 is 5.91 Å². The van der Waals surface area contributed by atoms with Gasteiger partial charge in [0.1, 0.15) is 5.75 Å². The predicted molar refractivity (Wildman–Crippen MR) is 93.8 cm³/mol. The third kappa shape index (κ3) is 3.69. The van der Waals surface area contributed by atoms with Crippen molar-refractivity contribution in [2.45, 2.75) is 13.0 Å². The van der Waals surface area contributed by atoms with Gasteiger partial charge in [-0.3, -0.25) is 4.79 Å². The molecule has 1 N–H and O–H groups in total. The van der Waals surface area contributed by atoms with Crippen molar-refractivity contribution in [3.05, 3.63) is 65.4 Å². The number of hydrogen-bond donors (Lipinski definition) is 1. The number of amides is 1. The van der Waals surface area contributed by atoms with E-state index in [4.69, 9.17) is 18.6 Å². The van der Waals surface area contributed by atoms with Crippen molar-refractivity contribution in [2.75, 3.05) is 13.9 Å². The van der Waals surface area contributed by atoms with Crippen LogP contribution in [0.15, 0.2) is 46.9 Å². The lowest BCUT2D eigenvalue weighted by molar-refractivity contribution is 0.0914. The molecular formula is C19H17N3O5. The van der Waals surface area contributed by atoms with Crippen LogP contribution in [0.5, 0.6) is 17.2 Å². The maximum absolute atomic E-state index is 12.3. The zero-order valence-electron chi connectivity index (χ0n) is 14.6. The number of nitrogens with zero attached hydrogens (tertiary/aromatic N) is 2. The van der Waals surface area contributed by atoms with Gasteiger partial charge in [-0.25, -0.2) is 0 Å². The normalized spacial score (nSPS) is 12.0. The van der Waals surface area contributed by atoms with Gasteiger partial charge in [0.25, 0.3) is 0 Å². The second-order valence-corrected chi connectivity index (χ2v) is 5.86. The molecule has 0 fully saturated rings. The fraction of sp³-hybridized carbons (Fsp3) is 0.211. The molecule has 27 heavy (non-hydrogen) atoms. The highest BCUT2D eigenvalue weighted by atomic mass is 16.7. The van der Waals surface area contributed by atoms with E-state index in [9.17, 15) is 4.79 Å². The summed E-state index contributed by atoms with van der Waals surface area (Å²) in [6.45, 7) is 0.512. The quantitative estimate of drug-likeness (QED) is 0.714. The number of aromatic nitrogens is 2. The molecule has 0 unspecified atom stereocenters. The maximum Gasteiger partial charge on any atom is 0.309 e. The van der Waals surface area contributed by atoms with E-state index in [1.807, 2.05) is 42.5 Å². The van der Waals surface area contributed by atoms with E-state index in [1.165, 1.54) is 0 Å². The van der Waals surface area contributed by atoms with Crippen molar-refractivity contribution in [3.8, 4) is 17.2 Å². The second kappa shape index (κ2) is 7.36. The van der Waals surface area contributed by atoms with Gasteiger partial charge < -0.3 is 23.9 Å². The average Bonchev–Trinajstić information content (AvgIpc) is 3.35. The van der Waals surface area contributed by atoms with Crippen LogP contribution in [0.2, 0.25) is 0 Å². The largest absolute Gasteiger partial charge is 0.496 e. The summed E-state index contributed by atoms with van der Waals surface area (Å²) in [5.41, 5.74) is 1.78. The van der Waals surface area contributed by atoms with Crippen LogP contribution in [0.4, 0.5) is 0 Å². The van der Waals surface area contributed by atoms with Crippen molar-refractivity contribution < 1.29 is 23.4 Å². The summed E-state index contributed by atoms with van der Waals surface area (Å²) >= 11 is 0. The number of benzene rings is 2. The number of carbonyl (C=O) groups excluding carboxylic acids is 1. The fourth-order valence-electron chi connectivity index (χ4n) is 2.74. The zero-order chi connectivity index (χ0) is 18.6. The Bertz CT molecular complexity index is 969. The molecule has 0 bridgehead atoms. The first-order valence-corrected chi connectivity index (χ1v) is 8.34. The highest BCUT2D eigenvalue weighted by molar-refractivity contribution is 5.89. The molecule has 0 aliphatic carbocycles. The van der Waals surface area contributed by atoms with Gasteiger partial charge in [0.05, 0.1) is 13.5 Å². The Morgan fingerprint density at radius 2 is 2.00 bits per heavy atom. The van der Waals surface area contributed by atoms with Gasteiger partial charge in [0.2, 0.25) is 12.7 Å². The Labute approximate surface area is 155 Å². The van der Waals surface area contributed by atoms with E-state index in [-0.39, 0.29) is 12.7 Å². The SMILES string of the molecule is COc1ccccc1CNC(=O)c1nnc(Cc2ccc3c(c2)OCO3)o1. The minimum Gasteiger partial charge on any atom is -0.496 e. The Balaban J connectivity index is 1.39. The lowest BCUT2D eigenvalue weighted by Crippen LogP contribution is -2.23. The van der Waals surface area contributed by atoms with Crippen molar-refractivity contribution in [1.29, 1.82) is 0 Å². The topological polar surface area (TPSA) is 95.7 Å². The van der Waals surface area contributed by atoms with Crippen molar-refractivity contribution in [3.63, 3.8) is 0 Å². The van der Waals surface area contributed by atoms with E-state index >= 15 is 0 Å². The molecule has 0 spiro atoms. The summed E-state index contributed by atoms with van der Waals surface area (Å²) in [6, 6.07) is 13.0. The van der Waals surface area contributed by atoms with Crippen LogP contribution in [-0.4, -0.2) is 30.0 Å². The minimum atomic E-state index is -0.439. The number of ether oxygens (including phenoxy) is 3. The third-order valence-electron chi connectivity index (χ3n) is 4.09. The number of hydrogen-bond acceptors (Lipinski definition) is 7. The van der Waals surface area contributed by atoms with Crippen LogP contribution in [0.25, 0.3) is 0 Å². The first kappa shape index (κ1) is 16.9. The van der Waals surface area contributed by atoms with E-state index in [2.05, 4.69) is 15.5 Å². The van der Waals surface area contributed by atoms with E-state index in [0.717, 1.165) is 11.1 Å². The molecule has 0 radical (unpaired) electrons. The van der Waals surface area contributed by atoms with E-state index in [1.54, 1.807) is 7.11 Å². The van der Waals surface area contributed by atoms with Gasteiger partial charge in [-0.15, -0.1) is 10.2 Å². The Kier molecular flexibility index (Phi) is 4.61. The lowest BCUT2D eigenvalue weighted by Gasteiger charge is -2.08. The van der Waals surface area contributed by atoms with Gasteiger partial charge in [0.15, 0.2) is 11.5 Å². The van der Waals surface area contributed by atoms with Crippen LogP contribution in [0.3, 0.4) is 0 Å². The first-order chi connectivity index (χ1) is 13.2. The predicted octanol–water partition coefficient (Wildman–Crippen LogP) is 2.33. The van der Waals surface area contributed by atoms with Gasteiger partial charge in [0, 0.05) is 12.1 Å². The molecule has 1 aliphatic heterocycles. The third-order valence-corrected chi connectivity index (χ3v) is 4.09. The fourth-order valence-corrected chi connectivity index (χ4v) is 2.74. The van der Waals surface area contributed by atoms with Gasteiger partial charge in [-0.05, 0) is 23.8 Å². The zero-order valence-corrected chi connectivity index (χ0v) is 14.6. The summed E-state index contributed by atoms with van der Waals surface area (Å²) in [5.74, 6) is 1.91. The summed E-state index contributed by atoms with van der Waals surface area (Å²) in [7, 11) is 1.58. The molecule has 2 heterocycles. The molecule has 2 aromatic carbocycles. The molecule has 0 saturated heterocycles. The number of methoxy groups -OCH3 is 1. The molecule has 1 amide bonds. The summed E-state index contributed by atoms with van der Waals surface area (Å²) in [6.07, 6.45) is 0.392. The number of nitrogens with one attached hydrogen (secondary N) is 1. The first-order valence-electron chi connectivity index (χ1n) is 8.34. The molecule has 3 aromatic rings. The van der Waals surface area contributed by atoms with Crippen molar-refractivity contribution in [1.82, 2.24) is 15.5 Å². The van der Waals surface area contributed by atoms with Gasteiger partial charge in [-0.2, -0.15) is 0 Å². The highest BCUT2D eigenvalue weighted by Crippen LogP contribution is 2.33. The summed E-state index contributed by atoms with van der Waals surface area (Å²) in [4.78, 5) is 12.3. The van der Waals surface area contributed by atoms with Crippen molar-refractivity contribution in [2.24, 2.45) is 0 Å². The average molecular weight is 367 g/mol. The Morgan fingerprint density at radius 3 is 2.89 bits per heavy atom. The number of rotatable bonds is 6. The molecule has 1 aliphatic rings. The molecule has 0 saturated carbocycles. The standard InChI is InChI=1S/C19H17N3O5/c1-24-14-5-3-2-4-13(14)10-20-18(23)19-22-21-17(27-19)9-12-6-7-15-16(8-12)26-11-25-15/h2-8H,9-11H2,1H3,(H,20,23). The molecule has 4 rings (SSSR count). The smallest absolute Gasteiger partial charge is 0.309 e. The van der Waals surface area contributed by atoms with Crippen LogP contribution >= 0.6 is 0 Å². The van der Waals surface area contributed by atoms with Gasteiger partial charge in [-0.1, -0.05) is 24.3 Å². The Morgan fingerprint density at radius 1 is 1.15 bits per heavy atom. The number of carbonyl (C=O) groups is 1. The van der Waals surface area contributed by atoms with Crippen LogP contribution in [0.1, 0.15) is 27.7 Å². The summed E-state index contributed by atoms with van der Waals surface area (Å²) in [5, 5.41) is 10.5. The summed E-state index contributed by atoms with van der Waals surface area (Å²) < 4.78 is 21.4. The van der Waals surface area contributed by atoms with Gasteiger partial charge >= 0.3 is 11.8 Å². The number of para-hydroxylation sites is 1. The highest BCUT2D eigenvalue weighted by Gasteiger charge is 2.17. The minimum absolute atomic E-state index is 0.0827. The van der Waals surface area contributed by atoms with Crippen LogP contribution < -0.4 is 19.5 Å². The number of fused-ring (bicyclic) bond motifs is 1. The molecule has 8 nitrogen and oxygen atoms in total. The van der Waals surface area contributed by atoms with E-state index < -0.39 is 5.91 Å². The molecule has 1 aromatic heterocycles. The monoisotopic (exact) mass is 367 g/mol. The van der Waals surface area contributed by atoms with E-state index in [0.29, 0.717) is 36.1 Å². The molecule has 8 heteroatoms. The molecular weight excluding hydrogens is 350 g/mol. The Hall–Kier alpha value is -3.55.